The van der Waals surface area contributed by atoms with E-state index in [1.807, 2.05) is 18.3 Å². The molecule has 0 amide bonds. The van der Waals surface area contributed by atoms with Crippen LogP contribution in [0.1, 0.15) is 11.3 Å². The van der Waals surface area contributed by atoms with Gasteiger partial charge in [-0.2, -0.15) is 0 Å². The van der Waals surface area contributed by atoms with Gasteiger partial charge in [-0.1, -0.05) is 0 Å². The third-order valence-corrected chi connectivity index (χ3v) is 2.44. The number of nitrogens with zero attached hydrogens (tertiary/aromatic N) is 1. The number of pyridine rings is 1. The van der Waals surface area contributed by atoms with Crippen molar-refractivity contribution < 1.29 is 4.42 Å². The summed E-state index contributed by atoms with van der Waals surface area (Å²) in [6, 6.07) is 5.98. The zero-order valence-electron chi connectivity index (χ0n) is 7.61. The Labute approximate surface area is 91.1 Å². The molecule has 0 aliphatic carbocycles. The third kappa shape index (κ3) is 2.45. The van der Waals surface area contributed by atoms with Gasteiger partial charge < -0.3 is 4.42 Å². The number of rotatable bonds is 3. The quantitative estimate of drug-likeness (QED) is 0.838. The molecule has 0 saturated carbocycles. The molecule has 2 aromatic rings. The lowest BCUT2D eigenvalue weighted by Crippen LogP contribution is -1.90. The van der Waals surface area contributed by atoms with Crippen molar-refractivity contribution in [2.45, 2.75) is 12.8 Å². The lowest BCUT2D eigenvalue weighted by Gasteiger charge is -1.99. The average molecular weight is 252 g/mol. The summed E-state index contributed by atoms with van der Waals surface area (Å²) in [5.74, 6) is 1.02. The summed E-state index contributed by atoms with van der Waals surface area (Å²) >= 11 is 3.39. The summed E-state index contributed by atoms with van der Waals surface area (Å²) in [6.07, 6.45) is 7.25. The maximum absolute atomic E-state index is 5.25. The molecule has 2 nitrogen and oxygen atoms in total. The summed E-state index contributed by atoms with van der Waals surface area (Å²) in [7, 11) is 0. The zero-order valence-corrected chi connectivity index (χ0v) is 9.20. The molecule has 0 aliphatic heterocycles. The van der Waals surface area contributed by atoms with E-state index in [2.05, 4.69) is 27.0 Å². The van der Waals surface area contributed by atoms with E-state index in [0.29, 0.717) is 0 Å². The molecule has 0 saturated heterocycles. The van der Waals surface area contributed by atoms with Crippen molar-refractivity contribution in [1.29, 1.82) is 0 Å². The molecule has 0 aromatic carbocycles. The van der Waals surface area contributed by atoms with Crippen molar-refractivity contribution in [2.24, 2.45) is 0 Å². The smallest absolute Gasteiger partial charge is 0.104 e. The highest BCUT2D eigenvalue weighted by Gasteiger charge is 1.98. The van der Waals surface area contributed by atoms with Crippen molar-refractivity contribution in [1.82, 2.24) is 4.98 Å². The Morgan fingerprint density at radius 1 is 1.29 bits per heavy atom. The first-order valence-electron chi connectivity index (χ1n) is 4.46. The highest BCUT2D eigenvalue weighted by Crippen LogP contribution is 2.12. The van der Waals surface area contributed by atoms with Gasteiger partial charge >= 0.3 is 0 Å². The Bertz CT molecular complexity index is 397. The summed E-state index contributed by atoms with van der Waals surface area (Å²) < 4.78 is 6.28. The topological polar surface area (TPSA) is 26.0 Å². The van der Waals surface area contributed by atoms with Crippen molar-refractivity contribution in [3.63, 3.8) is 0 Å². The average Bonchev–Trinajstić information content (AvgIpc) is 2.67. The van der Waals surface area contributed by atoms with Crippen LogP contribution in [0.3, 0.4) is 0 Å². The molecular formula is C11H10BrNO. The van der Waals surface area contributed by atoms with Gasteiger partial charge in [-0.15, -0.1) is 0 Å². The third-order valence-electron chi connectivity index (χ3n) is 2.00. The highest BCUT2D eigenvalue weighted by atomic mass is 79.9. The molecule has 0 spiro atoms. The number of aryl methyl sites for hydroxylation is 2. The van der Waals surface area contributed by atoms with Crippen LogP contribution in [-0.2, 0) is 12.8 Å². The van der Waals surface area contributed by atoms with E-state index in [0.717, 1.165) is 23.1 Å². The van der Waals surface area contributed by atoms with Crippen LogP contribution < -0.4 is 0 Å². The fourth-order valence-corrected chi connectivity index (χ4v) is 1.73. The molecule has 0 radical (unpaired) electrons. The lowest BCUT2D eigenvalue weighted by molar-refractivity contribution is 0.508. The molecule has 0 aliphatic rings. The zero-order chi connectivity index (χ0) is 9.80. The fourth-order valence-electron chi connectivity index (χ4n) is 1.31. The summed E-state index contributed by atoms with van der Waals surface area (Å²) in [5, 5.41) is 0. The van der Waals surface area contributed by atoms with Gasteiger partial charge in [0.1, 0.15) is 5.76 Å². The minimum absolute atomic E-state index is 0.922. The van der Waals surface area contributed by atoms with Gasteiger partial charge in [-0.05, 0) is 46.1 Å². The Hall–Kier alpha value is -1.09. The molecule has 3 heteroatoms. The fraction of sp³-hybridized carbons (Fsp3) is 0.182. The van der Waals surface area contributed by atoms with E-state index in [1.54, 1.807) is 12.5 Å². The van der Waals surface area contributed by atoms with Gasteiger partial charge in [0.05, 0.1) is 6.26 Å². The van der Waals surface area contributed by atoms with Crippen LogP contribution in [0, 0.1) is 0 Å². The number of hydrogen-bond acceptors (Lipinski definition) is 2. The monoisotopic (exact) mass is 251 g/mol. The maximum Gasteiger partial charge on any atom is 0.104 e. The molecule has 72 valence electrons. The first-order valence-corrected chi connectivity index (χ1v) is 5.26. The van der Waals surface area contributed by atoms with E-state index in [9.17, 15) is 0 Å². The molecule has 2 rings (SSSR count). The number of furan rings is 1. The Morgan fingerprint density at radius 2 is 2.21 bits per heavy atom. The van der Waals surface area contributed by atoms with E-state index in [-0.39, 0.29) is 0 Å². The lowest BCUT2D eigenvalue weighted by atomic mass is 10.1. The second-order valence-corrected chi connectivity index (χ2v) is 4.01. The first kappa shape index (κ1) is 9.46. The highest BCUT2D eigenvalue weighted by molar-refractivity contribution is 9.10. The minimum atomic E-state index is 0.922. The summed E-state index contributed by atoms with van der Waals surface area (Å²) in [4.78, 5) is 4.11. The van der Waals surface area contributed by atoms with Gasteiger partial charge in [0.2, 0.25) is 0 Å². The number of hydrogen-bond donors (Lipinski definition) is 0. The standard InChI is InChI=1S/C11H10BrNO/c12-10-6-9(7-13-8-10)3-4-11-2-1-5-14-11/h1-2,5-8H,3-4H2. The van der Waals surface area contributed by atoms with Crippen LogP contribution >= 0.6 is 15.9 Å². The van der Waals surface area contributed by atoms with Gasteiger partial charge in [0.25, 0.3) is 0 Å². The molecule has 0 atom stereocenters. The van der Waals surface area contributed by atoms with E-state index < -0.39 is 0 Å². The first-order chi connectivity index (χ1) is 6.84. The number of aromatic nitrogens is 1. The predicted octanol–water partition coefficient (Wildman–Crippen LogP) is 3.22. The van der Waals surface area contributed by atoms with Crippen LogP contribution in [-0.4, -0.2) is 4.98 Å². The number of halogens is 1. The molecule has 2 heterocycles. The van der Waals surface area contributed by atoms with Crippen LogP contribution in [0.25, 0.3) is 0 Å². The predicted molar refractivity (Wildman–Crippen MR) is 58.1 cm³/mol. The van der Waals surface area contributed by atoms with E-state index in [4.69, 9.17) is 4.42 Å². The van der Waals surface area contributed by atoms with Crippen LogP contribution in [0.4, 0.5) is 0 Å². The molecule has 0 unspecified atom stereocenters. The van der Waals surface area contributed by atoms with Crippen molar-refractivity contribution >= 4 is 15.9 Å². The second-order valence-electron chi connectivity index (χ2n) is 3.09. The van der Waals surface area contributed by atoms with Crippen molar-refractivity contribution in [3.05, 3.63) is 52.7 Å². The summed E-state index contributed by atoms with van der Waals surface area (Å²) in [6.45, 7) is 0. The van der Waals surface area contributed by atoms with Crippen molar-refractivity contribution in [3.8, 4) is 0 Å². The van der Waals surface area contributed by atoms with Gasteiger partial charge in [-0.25, -0.2) is 0 Å². The SMILES string of the molecule is Brc1cncc(CCc2ccco2)c1. The Balaban J connectivity index is 1.98. The molecule has 0 fully saturated rings. The van der Waals surface area contributed by atoms with E-state index in [1.165, 1.54) is 5.56 Å². The normalized spacial score (nSPS) is 10.4. The molecule has 14 heavy (non-hydrogen) atoms. The Morgan fingerprint density at radius 3 is 2.93 bits per heavy atom. The van der Waals surface area contributed by atoms with Crippen molar-refractivity contribution in [2.75, 3.05) is 0 Å². The van der Waals surface area contributed by atoms with Crippen LogP contribution in [0.15, 0.2) is 45.7 Å². The van der Waals surface area contributed by atoms with Gasteiger partial charge in [0, 0.05) is 23.3 Å². The summed E-state index contributed by atoms with van der Waals surface area (Å²) in [5.41, 5.74) is 1.22. The maximum atomic E-state index is 5.25. The second kappa shape index (κ2) is 4.42. The molecule has 2 aromatic heterocycles. The minimum Gasteiger partial charge on any atom is -0.469 e. The Kier molecular flexibility index (Phi) is 2.99. The van der Waals surface area contributed by atoms with Crippen LogP contribution in [0.5, 0.6) is 0 Å². The largest absolute Gasteiger partial charge is 0.469 e. The molecular weight excluding hydrogens is 242 g/mol. The van der Waals surface area contributed by atoms with E-state index >= 15 is 0 Å². The molecule has 0 N–H and O–H groups in total. The van der Waals surface area contributed by atoms with Gasteiger partial charge in [0.15, 0.2) is 0 Å². The van der Waals surface area contributed by atoms with Gasteiger partial charge in [-0.3, -0.25) is 4.98 Å². The van der Waals surface area contributed by atoms with Crippen LogP contribution in [0.2, 0.25) is 0 Å². The molecule has 0 bridgehead atoms.